The number of hydrogen-bond donors (Lipinski definition) is 2. The minimum absolute atomic E-state index is 0.00729. The zero-order valence-electron chi connectivity index (χ0n) is 13.4. The van der Waals surface area contributed by atoms with Crippen LogP contribution in [0.25, 0.3) is 0 Å². The number of quaternary nitrogens is 1. The van der Waals surface area contributed by atoms with Gasteiger partial charge in [0.2, 0.25) is 0 Å². The number of hydrogen-bond acceptors (Lipinski definition) is 2. The minimum Gasteiger partial charge on any atom is -0.497 e. The first-order valence-corrected chi connectivity index (χ1v) is 7.95. The van der Waals surface area contributed by atoms with Gasteiger partial charge in [0.05, 0.1) is 7.11 Å². The summed E-state index contributed by atoms with van der Waals surface area (Å²) in [7, 11) is 1.63. The van der Waals surface area contributed by atoms with Crippen molar-refractivity contribution in [2.45, 2.75) is 26.1 Å². The molecular formula is C18H22ClN2O2+. The Bertz CT molecular complexity index is 644. The highest BCUT2D eigenvalue weighted by molar-refractivity contribution is 6.31. The van der Waals surface area contributed by atoms with Crippen LogP contribution < -0.4 is 15.4 Å². The molecule has 0 unspecified atom stereocenters. The molecule has 122 valence electrons. The zero-order chi connectivity index (χ0) is 16.7. The predicted molar refractivity (Wildman–Crippen MR) is 91.4 cm³/mol. The zero-order valence-corrected chi connectivity index (χ0v) is 14.1. The predicted octanol–water partition coefficient (Wildman–Crippen LogP) is 2.12. The summed E-state index contributed by atoms with van der Waals surface area (Å²) < 4.78 is 5.11. The monoisotopic (exact) mass is 333 g/mol. The van der Waals surface area contributed by atoms with Gasteiger partial charge in [0.1, 0.15) is 12.3 Å². The van der Waals surface area contributed by atoms with Crippen LogP contribution in [0.15, 0.2) is 48.5 Å². The smallest absolute Gasteiger partial charge is 0.278 e. The molecule has 0 radical (unpaired) electrons. The fourth-order valence-corrected chi connectivity index (χ4v) is 2.38. The van der Waals surface area contributed by atoms with Crippen molar-refractivity contribution in [3.05, 3.63) is 64.7 Å². The molecule has 0 aliphatic carbocycles. The molecule has 2 aromatic rings. The second-order valence-corrected chi connectivity index (χ2v) is 5.79. The number of amides is 1. The number of carbonyl (C=O) groups excluding carboxylic acids is 1. The summed E-state index contributed by atoms with van der Waals surface area (Å²) in [6.07, 6.45) is 0. The van der Waals surface area contributed by atoms with Gasteiger partial charge in [0, 0.05) is 17.1 Å². The van der Waals surface area contributed by atoms with Crippen LogP contribution in [0.3, 0.4) is 0 Å². The molecule has 5 heteroatoms. The standard InChI is InChI=1S/C18H21ClN2O2/c1-13(20-12-15-5-3-4-6-17(15)19)18(22)21-11-14-7-9-16(23-2)10-8-14/h3-10,13,20H,11-12H2,1-2H3,(H,21,22)/p+1/t13-/m1/s1. The SMILES string of the molecule is COc1ccc(CNC(=O)[C@@H](C)[NH2+]Cc2ccccc2Cl)cc1. The summed E-state index contributed by atoms with van der Waals surface area (Å²) in [4.78, 5) is 12.1. The van der Waals surface area contributed by atoms with Gasteiger partial charge in [-0.2, -0.15) is 0 Å². The lowest BCUT2D eigenvalue weighted by Gasteiger charge is -2.12. The third kappa shape index (κ3) is 5.27. The Morgan fingerprint density at radius 3 is 2.57 bits per heavy atom. The molecule has 3 N–H and O–H groups in total. The average molecular weight is 334 g/mol. The fraction of sp³-hybridized carbons (Fsp3) is 0.278. The maximum atomic E-state index is 12.1. The first kappa shape index (κ1) is 17.3. The second kappa shape index (κ2) is 8.56. The molecule has 4 nitrogen and oxygen atoms in total. The Kier molecular flexibility index (Phi) is 6.44. The largest absolute Gasteiger partial charge is 0.497 e. The summed E-state index contributed by atoms with van der Waals surface area (Å²) in [5, 5.41) is 5.65. The van der Waals surface area contributed by atoms with Gasteiger partial charge in [-0.25, -0.2) is 0 Å². The van der Waals surface area contributed by atoms with Crippen LogP contribution in [0.2, 0.25) is 5.02 Å². The van der Waals surface area contributed by atoms with Gasteiger partial charge in [-0.15, -0.1) is 0 Å². The van der Waals surface area contributed by atoms with E-state index in [-0.39, 0.29) is 11.9 Å². The van der Waals surface area contributed by atoms with Crippen molar-refractivity contribution >= 4 is 17.5 Å². The van der Waals surface area contributed by atoms with Crippen molar-refractivity contribution in [1.29, 1.82) is 0 Å². The Morgan fingerprint density at radius 2 is 1.91 bits per heavy atom. The highest BCUT2D eigenvalue weighted by Gasteiger charge is 2.16. The third-order valence-corrected chi connectivity index (χ3v) is 4.06. The van der Waals surface area contributed by atoms with E-state index in [9.17, 15) is 4.79 Å². The van der Waals surface area contributed by atoms with Gasteiger partial charge in [-0.05, 0) is 30.7 Å². The number of ether oxygens (including phenoxy) is 1. The van der Waals surface area contributed by atoms with Crippen molar-refractivity contribution in [2.24, 2.45) is 0 Å². The molecule has 1 atom stereocenters. The van der Waals surface area contributed by atoms with Gasteiger partial charge in [-0.1, -0.05) is 41.9 Å². The molecule has 0 aliphatic heterocycles. The highest BCUT2D eigenvalue weighted by Crippen LogP contribution is 2.13. The topological polar surface area (TPSA) is 54.9 Å². The molecule has 23 heavy (non-hydrogen) atoms. The second-order valence-electron chi connectivity index (χ2n) is 5.39. The number of nitrogens with one attached hydrogen (secondary N) is 1. The van der Waals surface area contributed by atoms with E-state index in [1.54, 1.807) is 7.11 Å². The number of rotatable bonds is 7. The van der Waals surface area contributed by atoms with E-state index in [4.69, 9.17) is 16.3 Å². The molecule has 0 heterocycles. The summed E-state index contributed by atoms with van der Waals surface area (Å²) in [5.74, 6) is 0.814. The van der Waals surface area contributed by atoms with E-state index in [1.165, 1.54) is 0 Å². The third-order valence-electron chi connectivity index (χ3n) is 3.69. The van der Waals surface area contributed by atoms with Crippen molar-refractivity contribution in [2.75, 3.05) is 7.11 Å². The van der Waals surface area contributed by atoms with E-state index in [1.807, 2.05) is 60.8 Å². The van der Waals surface area contributed by atoms with Gasteiger partial charge in [0.15, 0.2) is 6.04 Å². The molecule has 0 bridgehead atoms. The molecule has 0 aromatic heterocycles. The Hall–Kier alpha value is -2.04. The molecule has 0 spiro atoms. The van der Waals surface area contributed by atoms with Crippen LogP contribution in [0.4, 0.5) is 0 Å². The normalized spacial score (nSPS) is 11.8. The molecule has 0 saturated carbocycles. The van der Waals surface area contributed by atoms with Crippen molar-refractivity contribution < 1.29 is 14.8 Å². The summed E-state index contributed by atoms with van der Waals surface area (Å²) >= 11 is 6.12. The fourth-order valence-electron chi connectivity index (χ4n) is 2.17. The first-order valence-electron chi connectivity index (χ1n) is 7.57. The highest BCUT2D eigenvalue weighted by atomic mass is 35.5. The molecule has 0 saturated heterocycles. The van der Waals surface area contributed by atoms with E-state index in [0.717, 1.165) is 21.9 Å². The number of benzene rings is 2. The Balaban J connectivity index is 1.79. The van der Waals surface area contributed by atoms with Crippen molar-refractivity contribution in [3.63, 3.8) is 0 Å². The molecule has 0 aliphatic rings. The summed E-state index contributed by atoms with van der Waals surface area (Å²) in [6.45, 7) is 3.07. The van der Waals surface area contributed by atoms with E-state index < -0.39 is 0 Å². The maximum Gasteiger partial charge on any atom is 0.278 e. The van der Waals surface area contributed by atoms with Crippen LogP contribution in [0, 0.1) is 0 Å². The number of nitrogens with two attached hydrogens (primary N) is 1. The molecule has 2 aromatic carbocycles. The van der Waals surface area contributed by atoms with E-state index >= 15 is 0 Å². The van der Waals surface area contributed by atoms with Crippen molar-refractivity contribution in [1.82, 2.24) is 5.32 Å². The minimum atomic E-state index is -0.176. The first-order chi connectivity index (χ1) is 11.1. The van der Waals surface area contributed by atoms with Gasteiger partial charge < -0.3 is 15.4 Å². The Labute approximate surface area is 141 Å². The van der Waals surface area contributed by atoms with Crippen LogP contribution in [-0.2, 0) is 17.9 Å². The number of carbonyl (C=O) groups is 1. The summed E-state index contributed by atoms with van der Waals surface area (Å²) in [6, 6.07) is 15.2. The van der Waals surface area contributed by atoms with Crippen LogP contribution in [0.1, 0.15) is 18.1 Å². The lowest BCUT2D eigenvalue weighted by atomic mass is 10.2. The quantitative estimate of drug-likeness (QED) is 0.815. The maximum absolute atomic E-state index is 12.1. The number of methoxy groups -OCH3 is 1. The van der Waals surface area contributed by atoms with E-state index in [2.05, 4.69) is 5.32 Å². The van der Waals surface area contributed by atoms with Crippen LogP contribution in [-0.4, -0.2) is 19.1 Å². The molecule has 2 rings (SSSR count). The van der Waals surface area contributed by atoms with Gasteiger partial charge >= 0.3 is 0 Å². The molecule has 0 fully saturated rings. The van der Waals surface area contributed by atoms with Crippen LogP contribution in [0.5, 0.6) is 5.75 Å². The van der Waals surface area contributed by atoms with Crippen LogP contribution >= 0.6 is 11.6 Å². The lowest BCUT2D eigenvalue weighted by Crippen LogP contribution is -2.90. The summed E-state index contributed by atoms with van der Waals surface area (Å²) in [5.41, 5.74) is 2.07. The van der Waals surface area contributed by atoms with E-state index in [0.29, 0.717) is 13.1 Å². The molecular weight excluding hydrogens is 312 g/mol. The van der Waals surface area contributed by atoms with Gasteiger partial charge in [0.25, 0.3) is 5.91 Å². The average Bonchev–Trinajstić information content (AvgIpc) is 2.59. The van der Waals surface area contributed by atoms with Gasteiger partial charge in [-0.3, -0.25) is 4.79 Å². The lowest BCUT2D eigenvalue weighted by molar-refractivity contribution is -0.689. The number of halogens is 1. The molecule has 1 amide bonds. The van der Waals surface area contributed by atoms with Crippen molar-refractivity contribution in [3.8, 4) is 5.75 Å². The Morgan fingerprint density at radius 1 is 1.22 bits per heavy atom.